The minimum absolute atomic E-state index is 0.329. The summed E-state index contributed by atoms with van der Waals surface area (Å²) >= 11 is 15.4. The van der Waals surface area contributed by atoms with Gasteiger partial charge in [0.15, 0.2) is 5.17 Å². The van der Waals surface area contributed by atoms with Crippen LogP contribution >= 0.6 is 39.1 Å². The molecule has 0 aliphatic carbocycles. The third kappa shape index (κ3) is 4.16. The lowest BCUT2D eigenvalue weighted by atomic mass is 10.2. The molecule has 0 aliphatic heterocycles. The zero-order chi connectivity index (χ0) is 13.7. The molecule has 0 aromatic heterocycles. The Kier molecular flexibility index (Phi) is 5.14. The maximum Gasteiger partial charge on any atom is 0.158 e. The van der Waals surface area contributed by atoms with Crippen LogP contribution in [-0.2, 0) is 0 Å². The van der Waals surface area contributed by atoms with Crippen LogP contribution in [0.2, 0.25) is 5.02 Å². The topological polar surface area (TPSA) is 24.7 Å². The van der Waals surface area contributed by atoms with Gasteiger partial charge in [-0.25, -0.2) is 0 Å². The number of nitrogens with zero attached hydrogens (tertiary/aromatic N) is 2. The Hall–Kier alpha value is -1.16. The monoisotopic (exact) mass is 354 g/mol. The van der Waals surface area contributed by atoms with Gasteiger partial charge < -0.3 is 0 Å². The molecule has 0 aliphatic rings. The van der Waals surface area contributed by atoms with E-state index in [1.807, 2.05) is 42.5 Å². The summed E-state index contributed by atoms with van der Waals surface area (Å²) in [6.45, 7) is 0. The Morgan fingerprint density at radius 1 is 1.05 bits per heavy atom. The van der Waals surface area contributed by atoms with Crippen molar-refractivity contribution in [2.45, 2.75) is 0 Å². The molecule has 0 saturated carbocycles. The zero-order valence-electron chi connectivity index (χ0n) is 9.72. The molecule has 2 aromatic carbocycles. The molecule has 0 heterocycles. The number of benzene rings is 2. The molecule has 5 heteroatoms. The van der Waals surface area contributed by atoms with Crippen LogP contribution < -0.4 is 0 Å². The Bertz CT molecular complexity index is 622. The summed E-state index contributed by atoms with van der Waals surface area (Å²) in [5, 5.41) is 8.83. The first-order chi connectivity index (χ1) is 9.16. The fraction of sp³-hybridized carbons (Fsp3) is 0. The van der Waals surface area contributed by atoms with E-state index in [0.717, 1.165) is 15.6 Å². The highest BCUT2D eigenvalue weighted by atomic mass is 79.9. The van der Waals surface area contributed by atoms with Crippen molar-refractivity contribution < 1.29 is 0 Å². The molecule has 0 amide bonds. The van der Waals surface area contributed by atoms with Crippen molar-refractivity contribution in [1.82, 2.24) is 0 Å². The molecule has 2 aromatic rings. The Labute approximate surface area is 129 Å². The van der Waals surface area contributed by atoms with Crippen LogP contribution in [-0.4, -0.2) is 11.4 Å². The number of halogens is 3. The second-order valence-corrected chi connectivity index (χ2v) is 5.34. The summed E-state index contributed by atoms with van der Waals surface area (Å²) in [5.74, 6) is 0. The third-order valence-electron chi connectivity index (χ3n) is 2.33. The maximum atomic E-state index is 6.05. The van der Waals surface area contributed by atoms with Gasteiger partial charge in [0.25, 0.3) is 0 Å². The Balaban J connectivity index is 2.14. The molecule has 0 saturated heterocycles. The van der Waals surface area contributed by atoms with E-state index in [1.165, 1.54) is 0 Å². The van der Waals surface area contributed by atoms with E-state index in [0.29, 0.717) is 10.2 Å². The molecule has 0 fully saturated rings. The molecule has 2 rings (SSSR count). The Morgan fingerprint density at radius 2 is 1.74 bits per heavy atom. The predicted octanol–water partition coefficient (Wildman–Crippen LogP) is 5.12. The van der Waals surface area contributed by atoms with Gasteiger partial charge in [-0.1, -0.05) is 69.5 Å². The minimum atomic E-state index is 0.329. The zero-order valence-corrected chi connectivity index (χ0v) is 12.8. The van der Waals surface area contributed by atoms with Gasteiger partial charge in [-0.05, 0) is 18.2 Å². The lowest BCUT2D eigenvalue weighted by molar-refractivity contribution is 1.26. The SMILES string of the molecule is Cl/C(=N\N=C\c1ccccc1Cl)c1ccc(Br)cc1. The average molecular weight is 356 g/mol. The van der Waals surface area contributed by atoms with Crippen molar-refractivity contribution in [3.63, 3.8) is 0 Å². The number of rotatable bonds is 3. The second kappa shape index (κ2) is 6.85. The van der Waals surface area contributed by atoms with Crippen molar-refractivity contribution in [2.24, 2.45) is 10.2 Å². The van der Waals surface area contributed by atoms with Gasteiger partial charge in [0.2, 0.25) is 0 Å². The normalized spacial score (nSPS) is 12.1. The summed E-state index contributed by atoms with van der Waals surface area (Å²) in [6.07, 6.45) is 1.57. The molecule has 0 spiro atoms. The maximum absolute atomic E-state index is 6.05. The van der Waals surface area contributed by atoms with E-state index >= 15 is 0 Å². The lowest BCUT2D eigenvalue weighted by Gasteiger charge is -1.97. The molecule has 0 unspecified atom stereocenters. The highest BCUT2D eigenvalue weighted by molar-refractivity contribution is 9.10. The summed E-state index contributed by atoms with van der Waals surface area (Å²) in [7, 11) is 0. The highest BCUT2D eigenvalue weighted by Gasteiger charge is 1.99. The van der Waals surface area contributed by atoms with E-state index < -0.39 is 0 Å². The van der Waals surface area contributed by atoms with Crippen molar-refractivity contribution >= 4 is 50.5 Å². The molecule has 96 valence electrons. The van der Waals surface area contributed by atoms with E-state index in [1.54, 1.807) is 12.3 Å². The Morgan fingerprint density at radius 3 is 2.42 bits per heavy atom. The fourth-order valence-corrected chi connectivity index (χ4v) is 1.99. The molecular weight excluding hydrogens is 347 g/mol. The van der Waals surface area contributed by atoms with Crippen LogP contribution in [0.5, 0.6) is 0 Å². The first kappa shape index (κ1) is 14.3. The first-order valence-electron chi connectivity index (χ1n) is 5.44. The van der Waals surface area contributed by atoms with Gasteiger partial charge in [-0.3, -0.25) is 0 Å². The van der Waals surface area contributed by atoms with Crippen LogP contribution in [0.15, 0.2) is 63.2 Å². The van der Waals surface area contributed by atoms with E-state index in [2.05, 4.69) is 26.1 Å². The van der Waals surface area contributed by atoms with Crippen LogP contribution in [0.25, 0.3) is 0 Å². The van der Waals surface area contributed by atoms with Crippen molar-refractivity contribution in [1.29, 1.82) is 0 Å². The van der Waals surface area contributed by atoms with Crippen molar-refractivity contribution in [3.8, 4) is 0 Å². The molecule has 0 bridgehead atoms. The second-order valence-electron chi connectivity index (χ2n) is 3.66. The van der Waals surface area contributed by atoms with Gasteiger partial charge >= 0.3 is 0 Å². The van der Waals surface area contributed by atoms with Gasteiger partial charge in [0, 0.05) is 20.6 Å². The minimum Gasteiger partial charge on any atom is -0.157 e. The van der Waals surface area contributed by atoms with Gasteiger partial charge in [0.05, 0.1) is 6.21 Å². The summed E-state index contributed by atoms with van der Waals surface area (Å²) in [4.78, 5) is 0. The smallest absolute Gasteiger partial charge is 0.157 e. The third-order valence-corrected chi connectivity index (χ3v) is 3.50. The molecule has 0 N–H and O–H groups in total. The standard InChI is InChI=1S/C14H9BrCl2N2/c15-12-7-5-10(6-8-12)14(17)19-18-9-11-3-1-2-4-13(11)16/h1-9H/b18-9+,19-14-. The van der Waals surface area contributed by atoms with Crippen LogP contribution in [0.1, 0.15) is 11.1 Å². The summed E-state index contributed by atoms with van der Waals surface area (Å²) in [5.41, 5.74) is 1.61. The number of hydrogen-bond donors (Lipinski definition) is 0. The van der Waals surface area contributed by atoms with Crippen LogP contribution in [0, 0.1) is 0 Å². The summed E-state index contributed by atoms with van der Waals surface area (Å²) in [6, 6.07) is 14.9. The number of hydrogen-bond acceptors (Lipinski definition) is 2. The lowest BCUT2D eigenvalue weighted by Crippen LogP contribution is -1.89. The summed E-state index contributed by atoms with van der Waals surface area (Å²) < 4.78 is 0.986. The first-order valence-corrected chi connectivity index (χ1v) is 6.99. The molecule has 19 heavy (non-hydrogen) atoms. The van der Waals surface area contributed by atoms with Crippen molar-refractivity contribution in [3.05, 3.63) is 69.2 Å². The van der Waals surface area contributed by atoms with Gasteiger partial charge in [-0.15, -0.1) is 5.10 Å². The molecule has 0 atom stereocenters. The predicted molar refractivity (Wildman–Crippen MR) is 85.6 cm³/mol. The van der Waals surface area contributed by atoms with Crippen molar-refractivity contribution in [2.75, 3.05) is 0 Å². The van der Waals surface area contributed by atoms with Gasteiger partial charge in [0.1, 0.15) is 0 Å². The average Bonchev–Trinajstić information content (AvgIpc) is 2.41. The van der Waals surface area contributed by atoms with E-state index in [9.17, 15) is 0 Å². The van der Waals surface area contributed by atoms with E-state index in [-0.39, 0.29) is 0 Å². The molecule has 0 radical (unpaired) electrons. The van der Waals surface area contributed by atoms with Crippen LogP contribution in [0.4, 0.5) is 0 Å². The molecular formula is C14H9BrCl2N2. The highest BCUT2D eigenvalue weighted by Crippen LogP contribution is 2.14. The van der Waals surface area contributed by atoms with Crippen LogP contribution in [0.3, 0.4) is 0 Å². The molecule has 2 nitrogen and oxygen atoms in total. The van der Waals surface area contributed by atoms with Gasteiger partial charge in [-0.2, -0.15) is 5.10 Å². The fourth-order valence-electron chi connectivity index (χ4n) is 1.37. The largest absolute Gasteiger partial charge is 0.158 e. The quantitative estimate of drug-likeness (QED) is 0.539. The van der Waals surface area contributed by atoms with E-state index in [4.69, 9.17) is 23.2 Å².